The van der Waals surface area contributed by atoms with E-state index in [1.165, 1.54) is 18.4 Å². The number of hydrogen-bond donors (Lipinski definition) is 1. The number of aryl methyl sites for hydroxylation is 1. The maximum Gasteiger partial charge on any atom is 0.317 e. The van der Waals surface area contributed by atoms with Gasteiger partial charge in [-0.1, -0.05) is 48.0 Å². The van der Waals surface area contributed by atoms with E-state index in [1.807, 2.05) is 43.3 Å². The molecule has 5 nitrogen and oxygen atoms in total. The molecule has 0 radical (unpaired) electrons. The van der Waals surface area contributed by atoms with Gasteiger partial charge in [0.2, 0.25) is 0 Å². The minimum absolute atomic E-state index is 0.0869. The van der Waals surface area contributed by atoms with Gasteiger partial charge < -0.3 is 4.42 Å². The molecule has 1 heterocycles. The van der Waals surface area contributed by atoms with Crippen LogP contribution in [0.5, 0.6) is 0 Å². The molecule has 0 aliphatic carbocycles. The van der Waals surface area contributed by atoms with Gasteiger partial charge in [0.25, 0.3) is 0 Å². The average Bonchev–Trinajstić information content (AvgIpc) is 3.04. The van der Waals surface area contributed by atoms with Crippen LogP contribution in [-0.2, 0) is 14.4 Å². The molecule has 0 unspecified atom stereocenters. The molecule has 0 fully saturated rings. The summed E-state index contributed by atoms with van der Waals surface area (Å²) in [6.07, 6.45) is 1.45. The van der Waals surface area contributed by atoms with Crippen molar-refractivity contribution in [2.75, 3.05) is 5.48 Å². The van der Waals surface area contributed by atoms with E-state index >= 15 is 0 Å². The van der Waals surface area contributed by atoms with Crippen molar-refractivity contribution < 1.29 is 17.1 Å². The number of anilines is 1. The fourth-order valence-electron chi connectivity index (χ4n) is 2.70. The topological polar surface area (TPSA) is 68.5 Å². The monoisotopic (exact) mass is 353 g/mol. The Morgan fingerprint density at radius 2 is 1.68 bits per heavy atom. The molecule has 25 heavy (non-hydrogen) atoms. The van der Waals surface area contributed by atoms with Gasteiger partial charge >= 0.3 is 10.1 Å². The highest BCUT2D eigenvalue weighted by Gasteiger charge is 2.17. The van der Waals surface area contributed by atoms with Crippen molar-refractivity contribution in [3.8, 4) is 0 Å². The number of benzene rings is 3. The second kappa shape index (κ2) is 5.91. The highest BCUT2D eigenvalue weighted by atomic mass is 32.2. The van der Waals surface area contributed by atoms with E-state index in [0.717, 1.165) is 21.7 Å². The molecule has 4 rings (SSSR count). The Morgan fingerprint density at radius 3 is 2.48 bits per heavy atom. The summed E-state index contributed by atoms with van der Waals surface area (Å²) in [7, 11) is -3.92. The number of fused-ring (bicyclic) bond motifs is 3. The van der Waals surface area contributed by atoms with Gasteiger partial charge in [0.1, 0.15) is 17.5 Å². The van der Waals surface area contributed by atoms with Crippen LogP contribution in [0, 0.1) is 6.92 Å². The Morgan fingerprint density at radius 1 is 0.920 bits per heavy atom. The number of rotatable bonds is 4. The fraction of sp³-hybridized carbons (Fsp3) is 0.0526. The van der Waals surface area contributed by atoms with E-state index in [1.54, 1.807) is 12.1 Å². The summed E-state index contributed by atoms with van der Waals surface area (Å²) in [5, 5.41) is 2.75. The molecule has 4 aromatic rings. The van der Waals surface area contributed by atoms with Gasteiger partial charge in [-0.05, 0) is 30.5 Å². The lowest BCUT2D eigenvalue weighted by atomic mass is 10.1. The Hall–Kier alpha value is -2.83. The molecule has 0 amide bonds. The first-order valence-corrected chi connectivity index (χ1v) is 9.10. The predicted molar refractivity (Wildman–Crippen MR) is 96.8 cm³/mol. The lowest BCUT2D eigenvalue weighted by Crippen LogP contribution is -2.11. The second-order valence-corrected chi connectivity index (χ2v) is 7.31. The summed E-state index contributed by atoms with van der Waals surface area (Å²) in [5.74, 6) is 0. The minimum atomic E-state index is -3.92. The van der Waals surface area contributed by atoms with Crippen LogP contribution in [0.1, 0.15) is 5.56 Å². The highest BCUT2D eigenvalue weighted by Crippen LogP contribution is 2.32. The Balaban J connectivity index is 1.65. The smallest absolute Gasteiger partial charge is 0.317 e. The largest absolute Gasteiger partial charge is 0.461 e. The van der Waals surface area contributed by atoms with E-state index in [2.05, 4.69) is 5.48 Å². The summed E-state index contributed by atoms with van der Waals surface area (Å²) in [4.78, 5) is 0.0869. The van der Waals surface area contributed by atoms with Gasteiger partial charge in [-0.15, -0.1) is 4.28 Å². The molecule has 6 heteroatoms. The molecule has 3 aromatic carbocycles. The van der Waals surface area contributed by atoms with Crippen LogP contribution in [0.4, 0.5) is 5.69 Å². The quantitative estimate of drug-likeness (QED) is 0.542. The third kappa shape index (κ3) is 2.86. The van der Waals surface area contributed by atoms with Crippen molar-refractivity contribution in [1.82, 2.24) is 0 Å². The molecule has 126 valence electrons. The summed E-state index contributed by atoms with van der Waals surface area (Å²) in [5.41, 5.74) is 4.61. The third-order valence-corrected chi connectivity index (χ3v) is 5.19. The van der Waals surface area contributed by atoms with Crippen LogP contribution in [0.2, 0.25) is 0 Å². The molecule has 0 bridgehead atoms. The van der Waals surface area contributed by atoms with Crippen molar-refractivity contribution in [3.63, 3.8) is 0 Å². The number of nitrogens with one attached hydrogen (secondary N) is 1. The molecule has 1 aromatic heterocycles. The lowest BCUT2D eigenvalue weighted by molar-refractivity contribution is 0.390. The molecular weight excluding hydrogens is 338 g/mol. The van der Waals surface area contributed by atoms with Crippen molar-refractivity contribution >= 4 is 37.5 Å². The van der Waals surface area contributed by atoms with Gasteiger partial charge in [0.05, 0.1) is 4.90 Å². The van der Waals surface area contributed by atoms with E-state index in [9.17, 15) is 8.42 Å². The average molecular weight is 353 g/mol. The minimum Gasteiger partial charge on any atom is -0.461 e. The predicted octanol–water partition coefficient (Wildman–Crippen LogP) is 4.63. The molecule has 0 aliphatic heterocycles. The second-order valence-electron chi connectivity index (χ2n) is 5.77. The molecule has 0 spiro atoms. The van der Waals surface area contributed by atoms with E-state index in [4.69, 9.17) is 8.70 Å². The summed E-state index contributed by atoms with van der Waals surface area (Å²) < 4.78 is 35.1. The van der Waals surface area contributed by atoms with Crippen molar-refractivity contribution in [3.05, 3.63) is 72.5 Å². The van der Waals surface area contributed by atoms with Crippen LogP contribution >= 0.6 is 0 Å². The first-order valence-electron chi connectivity index (χ1n) is 7.70. The van der Waals surface area contributed by atoms with Gasteiger partial charge in [-0.2, -0.15) is 8.42 Å². The first-order chi connectivity index (χ1) is 12.0. The summed E-state index contributed by atoms with van der Waals surface area (Å²) >= 11 is 0. The molecule has 1 N–H and O–H groups in total. The summed E-state index contributed by atoms with van der Waals surface area (Å²) in [6.45, 7) is 1.89. The van der Waals surface area contributed by atoms with E-state index < -0.39 is 10.1 Å². The Kier molecular flexibility index (Phi) is 3.71. The number of hydrogen-bond acceptors (Lipinski definition) is 5. The highest BCUT2D eigenvalue weighted by molar-refractivity contribution is 7.86. The summed E-state index contributed by atoms with van der Waals surface area (Å²) in [6, 6.07) is 18.1. The van der Waals surface area contributed by atoms with E-state index in [-0.39, 0.29) is 4.90 Å². The SMILES string of the molecule is Cc1ccc(S(=O)(=O)ONc2coc3c2ccc2ccccc23)cc1. The Labute approximate surface area is 144 Å². The third-order valence-electron chi connectivity index (χ3n) is 4.04. The number of furan rings is 1. The van der Waals surface area contributed by atoms with Gasteiger partial charge in [-0.25, -0.2) is 5.48 Å². The molecule has 0 saturated heterocycles. The normalized spacial score (nSPS) is 11.9. The van der Waals surface area contributed by atoms with Crippen molar-refractivity contribution in [2.24, 2.45) is 0 Å². The zero-order valence-electron chi connectivity index (χ0n) is 13.4. The fourth-order valence-corrected chi connectivity index (χ4v) is 3.46. The maximum absolute atomic E-state index is 12.3. The van der Waals surface area contributed by atoms with Crippen LogP contribution in [0.3, 0.4) is 0 Å². The molecule has 0 atom stereocenters. The molecule has 0 saturated carbocycles. The van der Waals surface area contributed by atoms with Crippen molar-refractivity contribution in [1.29, 1.82) is 0 Å². The van der Waals surface area contributed by atoms with E-state index in [0.29, 0.717) is 11.3 Å². The van der Waals surface area contributed by atoms with Gasteiger partial charge in [0.15, 0.2) is 0 Å². The maximum atomic E-state index is 12.3. The zero-order chi connectivity index (χ0) is 17.4. The van der Waals surface area contributed by atoms with Crippen LogP contribution < -0.4 is 5.48 Å². The molecular formula is C19H15NO4S. The Bertz CT molecular complexity index is 1160. The van der Waals surface area contributed by atoms with Gasteiger partial charge in [0, 0.05) is 10.8 Å². The van der Waals surface area contributed by atoms with Crippen LogP contribution in [0.25, 0.3) is 21.7 Å². The molecule has 0 aliphatic rings. The standard InChI is InChI=1S/C19H15NO4S/c1-13-6-9-15(10-7-13)25(21,22)24-20-18-12-23-19-16-5-3-2-4-14(16)8-11-17(18)19/h2-12,20H,1H3. The van der Waals surface area contributed by atoms with Crippen molar-refractivity contribution in [2.45, 2.75) is 11.8 Å². The van der Waals surface area contributed by atoms with Crippen LogP contribution in [0.15, 0.2) is 76.2 Å². The zero-order valence-corrected chi connectivity index (χ0v) is 14.2. The lowest BCUT2D eigenvalue weighted by Gasteiger charge is -2.06. The first kappa shape index (κ1) is 15.7. The van der Waals surface area contributed by atoms with Crippen LogP contribution in [-0.4, -0.2) is 8.42 Å². The van der Waals surface area contributed by atoms with Gasteiger partial charge in [-0.3, -0.25) is 0 Å².